The van der Waals surface area contributed by atoms with Gasteiger partial charge in [0.15, 0.2) is 5.82 Å². The molecular formula is C22H21ClF3N5O. The standard InChI is InChI=1S/C22H21ClF3N5O/c1-21(2,3)29-20(28-19(32)14-5-4-6-15(11-14)22(24,25)26)27-18-12-17(30-31-18)13-7-9-16(23)10-8-13/h4-12H,1-3H3,(H3,27,28,29,30,31,32). The number of aromatic nitrogens is 2. The number of aromatic amines is 1. The summed E-state index contributed by atoms with van der Waals surface area (Å²) in [5.74, 6) is -0.323. The smallest absolute Gasteiger partial charge is 0.309 e. The molecule has 0 spiro atoms. The van der Waals surface area contributed by atoms with E-state index in [0.29, 0.717) is 16.5 Å². The van der Waals surface area contributed by atoms with Gasteiger partial charge in [-0.2, -0.15) is 18.3 Å². The second-order valence-corrected chi connectivity index (χ2v) is 8.40. The third-order valence-corrected chi connectivity index (χ3v) is 4.36. The molecule has 0 atom stereocenters. The van der Waals surface area contributed by atoms with Gasteiger partial charge in [0.25, 0.3) is 5.91 Å². The number of amides is 1. The molecule has 0 saturated carbocycles. The molecule has 0 saturated heterocycles. The quantitative estimate of drug-likeness (QED) is 0.342. The SMILES string of the molecule is CC(C)(C)N=C(NC(=O)c1cccc(C(F)(F)F)c1)Nc1cc(-c2ccc(Cl)cc2)[nH]n1. The molecule has 1 aromatic heterocycles. The van der Waals surface area contributed by atoms with Crippen LogP contribution < -0.4 is 10.6 Å². The van der Waals surface area contributed by atoms with Crippen LogP contribution in [0.2, 0.25) is 5.02 Å². The fraction of sp³-hybridized carbons (Fsp3) is 0.227. The number of hydrogen-bond acceptors (Lipinski definition) is 3. The molecule has 0 aliphatic heterocycles. The summed E-state index contributed by atoms with van der Waals surface area (Å²) in [5, 5.41) is 13.1. The lowest BCUT2D eigenvalue weighted by atomic mass is 10.1. The van der Waals surface area contributed by atoms with Gasteiger partial charge in [-0.1, -0.05) is 29.8 Å². The molecule has 0 radical (unpaired) electrons. The van der Waals surface area contributed by atoms with Crippen molar-refractivity contribution in [1.29, 1.82) is 0 Å². The molecule has 2 aromatic carbocycles. The summed E-state index contributed by atoms with van der Waals surface area (Å²) >= 11 is 5.91. The van der Waals surface area contributed by atoms with Crippen molar-refractivity contribution in [3.63, 3.8) is 0 Å². The number of halogens is 4. The number of nitrogens with one attached hydrogen (secondary N) is 3. The summed E-state index contributed by atoms with van der Waals surface area (Å²) in [6.45, 7) is 5.44. The predicted molar refractivity (Wildman–Crippen MR) is 119 cm³/mol. The maximum absolute atomic E-state index is 13.0. The van der Waals surface area contributed by atoms with Gasteiger partial charge < -0.3 is 5.32 Å². The third kappa shape index (κ3) is 6.34. The third-order valence-electron chi connectivity index (χ3n) is 4.11. The van der Waals surface area contributed by atoms with Crippen molar-refractivity contribution in [2.24, 2.45) is 4.99 Å². The van der Waals surface area contributed by atoms with Crippen LogP contribution in [-0.4, -0.2) is 27.6 Å². The van der Waals surface area contributed by atoms with E-state index in [4.69, 9.17) is 11.6 Å². The summed E-state index contributed by atoms with van der Waals surface area (Å²) in [5.41, 5.74) is -0.0983. The molecule has 0 fully saturated rings. The van der Waals surface area contributed by atoms with Gasteiger partial charge in [-0.15, -0.1) is 0 Å². The van der Waals surface area contributed by atoms with Crippen molar-refractivity contribution in [2.75, 3.05) is 5.32 Å². The lowest BCUT2D eigenvalue weighted by Gasteiger charge is -2.17. The lowest BCUT2D eigenvalue weighted by molar-refractivity contribution is -0.137. The van der Waals surface area contributed by atoms with Crippen LogP contribution in [0, 0.1) is 0 Å². The van der Waals surface area contributed by atoms with Gasteiger partial charge in [0.1, 0.15) is 0 Å². The average molecular weight is 464 g/mol. The van der Waals surface area contributed by atoms with Crippen LogP contribution in [-0.2, 0) is 6.18 Å². The average Bonchev–Trinajstić information content (AvgIpc) is 3.15. The zero-order chi connectivity index (χ0) is 23.5. The molecule has 0 aliphatic carbocycles. The Kier molecular flexibility index (Phi) is 6.59. The van der Waals surface area contributed by atoms with E-state index in [2.05, 4.69) is 25.8 Å². The number of nitrogens with zero attached hydrogens (tertiary/aromatic N) is 2. The minimum atomic E-state index is -4.55. The number of carbonyl (C=O) groups excluding carboxylic acids is 1. The molecule has 0 aliphatic rings. The van der Waals surface area contributed by atoms with E-state index in [1.165, 1.54) is 12.1 Å². The number of carbonyl (C=O) groups is 1. The van der Waals surface area contributed by atoms with Crippen molar-refractivity contribution >= 4 is 29.3 Å². The number of benzene rings is 2. The molecular weight excluding hydrogens is 443 g/mol. The van der Waals surface area contributed by atoms with E-state index in [9.17, 15) is 18.0 Å². The maximum atomic E-state index is 13.0. The van der Waals surface area contributed by atoms with Crippen LogP contribution in [0.5, 0.6) is 0 Å². The highest BCUT2D eigenvalue weighted by Gasteiger charge is 2.31. The maximum Gasteiger partial charge on any atom is 0.416 e. The minimum Gasteiger partial charge on any atom is -0.309 e. The van der Waals surface area contributed by atoms with Crippen LogP contribution in [0.15, 0.2) is 59.6 Å². The normalized spacial score (nSPS) is 12.5. The van der Waals surface area contributed by atoms with Crippen LogP contribution in [0.3, 0.4) is 0 Å². The summed E-state index contributed by atoms with van der Waals surface area (Å²) in [6.07, 6.45) is -4.55. The molecule has 1 heterocycles. The van der Waals surface area contributed by atoms with Gasteiger partial charge in [-0.05, 0) is 56.7 Å². The number of aliphatic imine (C=N–C) groups is 1. The van der Waals surface area contributed by atoms with Crippen molar-refractivity contribution in [3.8, 4) is 11.3 Å². The largest absolute Gasteiger partial charge is 0.416 e. The van der Waals surface area contributed by atoms with Gasteiger partial charge in [0, 0.05) is 16.7 Å². The molecule has 3 rings (SSSR count). The number of anilines is 1. The van der Waals surface area contributed by atoms with Crippen LogP contribution in [0.25, 0.3) is 11.3 Å². The highest BCUT2D eigenvalue weighted by Crippen LogP contribution is 2.29. The Hall–Kier alpha value is -3.33. The predicted octanol–water partition coefficient (Wildman–Crippen LogP) is 5.75. The first-order valence-corrected chi connectivity index (χ1v) is 9.95. The van der Waals surface area contributed by atoms with Crippen molar-refractivity contribution in [2.45, 2.75) is 32.5 Å². The summed E-state index contributed by atoms with van der Waals surface area (Å²) in [7, 11) is 0. The number of guanidine groups is 1. The Bertz CT molecular complexity index is 1130. The number of rotatable bonds is 3. The fourth-order valence-corrected chi connectivity index (χ4v) is 2.85. The molecule has 6 nitrogen and oxygen atoms in total. The van der Waals surface area contributed by atoms with Crippen molar-refractivity contribution < 1.29 is 18.0 Å². The van der Waals surface area contributed by atoms with E-state index in [1.807, 2.05) is 32.9 Å². The number of hydrogen-bond donors (Lipinski definition) is 3. The van der Waals surface area contributed by atoms with Crippen LogP contribution >= 0.6 is 11.6 Å². The van der Waals surface area contributed by atoms with E-state index in [1.54, 1.807) is 18.2 Å². The van der Waals surface area contributed by atoms with Gasteiger partial charge in [-0.3, -0.25) is 15.2 Å². The molecule has 0 unspecified atom stereocenters. The van der Waals surface area contributed by atoms with E-state index in [-0.39, 0.29) is 11.5 Å². The highest BCUT2D eigenvalue weighted by molar-refractivity contribution is 6.30. The lowest BCUT2D eigenvalue weighted by Crippen LogP contribution is -2.38. The van der Waals surface area contributed by atoms with Gasteiger partial charge in [0.2, 0.25) is 5.96 Å². The molecule has 0 bridgehead atoms. The first kappa shape index (κ1) is 23.3. The molecule has 3 aromatic rings. The Morgan fingerprint density at radius 3 is 2.38 bits per heavy atom. The Morgan fingerprint density at radius 2 is 1.75 bits per heavy atom. The topological polar surface area (TPSA) is 82.2 Å². The molecule has 3 N–H and O–H groups in total. The van der Waals surface area contributed by atoms with Gasteiger partial charge >= 0.3 is 6.18 Å². The molecule has 168 valence electrons. The zero-order valence-corrected chi connectivity index (χ0v) is 18.3. The molecule has 1 amide bonds. The summed E-state index contributed by atoms with van der Waals surface area (Å²) in [6, 6.07) is 13.0. The van der Waals surface area contributed by atoms with Gasteiger partial charge in [0.05, 0.1) is 16.8 Å². The number of H-pyrrole nitrogens is 1. The second-order valence-electron chi connectivity index (χ2n) is 7.96. The molecule has 32 heavy (non-hydrogen) atoms. The Morgan fingerprint density at radius 1 is 1.06 bits per heavy atom. The first-order chi connectivity index (χ1) is 14.9. The zero-order valence-electron chi connectivity index (χ0n) is 17.5. The molecule has 10 heteroatoms. The van der Waals surface area contributed by atoms with E-state index < -0.39 is 23.2 Å². The monoisotopic (exact) mass is 463 g/mol. The van der Waals surface area contributed by atoms with Gasteiger partial charge in [-0.25, -0.2) is 4.99 Å². The summed E-state index contributed by atoms with van der Waals surface area (Å²) < 4.78 is 38.9. The second kappa shape index (κ2) is 9.04. The van der Waals surface area contributed by atoms with E-state index in [0.717, 1.165) is 17.7 Å². The minimum absolute atomic E-state index is 0.0501. The van der Waals surface area contributed by atoms with Crippen LogP contribution in [0.4, 0.5) is 19.0 Å². The highest BCUT2D eigenvalue weighted by atomic mass is 35.5. The Balaban J connectivity index is 1.82. The first-order valence-electron chi connectivity index (χ1n) is 9.57. The number of alkyl halides is 3. The summed E-state index contributed by atoms with van der Waals surface area (Å²) in [4.78, 5) is 17.0. The van der Waals surface area contributed by atoms with E-state index >= 15 is 0 Å². The van der Waals surface area contributed by atoms with Crippen LogP contribution in [0.1, 0.15) is 36.7 Å². The fourth-order valence-electron chi connectivity index (χ4n) is 2.72. The van der Waals surface area contributed by atoms with Crippen molar-refractivity contribution in [1.82, 2.24) is 15.5 Å². The van der Waals surface area contributed by atoms with Crippen molar-refractivity contribution in [3.05, 3.63) is 70.7 Å². The Labute approximate surface area is 187 Å².